The van der Waals surface area contributed by atoms with Crippen LogP contribution in [0.25, 0.3) is 0 Å². The zero-order valence-corrected chi connectivity index (χ0v) is 35.3. The van der Waals surface area contributed by atoms with Crippen LogP contribution in [0.15, 0.2) is 0 Å². The summed E-state index contributed by atoms with van der Waals surface area (Å²) in [5.41, 5.74) is -4.24. The molecule has 0 aromatic rings. The van der Waals surface area contributed by atoms with Crippen molar-refractivity contribution in [3.63, 3.8) is 0 Å². The van der Waals surface area contributed by atoms with Crippen molar-refractivity contribution in [2.75, 3.05) is 27.8 Å². The number of ether oxygens (including phenoxy) is 7. The first-order valence-corrected chi connectivity index (χ1v) is 20.0. The maximum absolute atomic E-state index is 14.3. The average Bonchev–Trinajstić information content (AvgIpc) is 3.11. The molecule has 0 saturated carbocycles. The molecule has 0 aromatic heterocycles. The minimum atomic E-state index is -1.97. The lowest BCUT2D eigenvalue weighted by Gasteiger charge is -2.50. The van der Waals surface area contributed by atoms with E-state index in [9.17, 15) is 30.0 Å². The third kappa shape index (κ3) is 10.2. The summed E-state index contributed by atoms with van der Waals surface area (Å²) in [4.78, 5) is 30.3. The number of cyclic esters (lactones) is 1. The van der Waals surface area contributed by atoms with Crippen LogP contribution in [-0.4, -0.2) is 149 Å². The topological polar surface area (TPSA) is 183 Å². The minimum absolute atomic E-state index is 0.128. The van der Waals surface area contributed by atoms with Gasteiger partial charge in [0.1, 0.15) is 29.7 Å². The molecule has 0 aliphatic carbocycles. The third-order valence-corrected chi connectivity index (χ3v) is 12.4. The number of aliphatic hydroxyl groups is 4. The fraction of sp³-hybridized carbons (Fsp3) is 0.950. The van der Waals surface area contributed by atoms with Gasteiger partial charge in [0.25, 0.3) is 0 Å². The molecule has 0 amide bonds. The van der Waals surface area contributed by atoms with E-state index in [4.69, 9.17) is 33.2 Å². The second-order valence-corrected chi connectivity index (χ2v) is 17.3. The lowest BCUT2D eigenvalue weighted by molar-refractivity contribution is -0.320. The Kier molecular flexibility index (Phi) is 16.5. The number of aliphatic hydroxyl groups excluding tert-OH is 3. The summed E-state index contributed by atoms with van der Waals surface area (Å²) < 4.78 is 44.6. The molecule has 0 aromatic carbocycles. The molecule has 3 aliphatic rings. The number of hydrogen-bond donors (Lipinski definition) is 4. The molecule has 3 unspecified atom stereocenters. The molecular weight excluding hydrogens is 702 g/mol. The maximum atomic E-state index is 14.3. The lowest BCUT2D eigenvalue weighted by Crippen LogP contribution is -2.61. The van der Waals surface area contributed by atoms with Gasteiger partial charge in [-0.25, -0.2) is 0 Å². The van der Waals surface area contributed by atoms with Crippen LogP contribution in [0, 0.1) is 23.7 Å². The van der Waals surface area contributed by atoms with E-state index < -0.39 is 102 Å². The largest absolute Gasteiger partial charge is 0.459 e. The predicted octanol–water partition coefficient (Wildman–Crippen LogP) is 3.22. The molecule has 3 saturated heterocycles. The Hall–Kier alpha value is -1.30. The molecule has 18 atom stereocenters. The standard InChI is InChI=1S/C40H73NO13/c1-15-17-49-39(10)19-21(3)30(42)23(5)33(44)40(11,47)28(16-2)52-36(46)25(7)32(53-29-20-38(9,48-14)34(45)26(8)51-29)24(6)35(39)54-37-31(43)27(41(12)13)18-22(4)50-37/h21-29,31-35,37,43-45,47H,15-20H2,1-14H3/t21-,22-,23?,24+,25-,26+,27+,28?,29+,31-,32?,33-,34+,35-,37+,38-,39-,40-/m1/s1. The van der Waals surface area contributed by atoms with Crippen LogP contribution in [0.2, 0.25) is 0 Å². The number of nitrogens with zero attached hydrogens (tertiary/aromatic N) is 1. The highest BCUT2D eigenvalue weighted by molar-refractivity contribution is 5.83. The number of hydrogen-bond acceptors (Lipinski definition) is 14. The van der Waals surface area contributed by atoms with E-state index >= 15 is 0 Å². The van der Waals surface area contributed by atoms with Crippen molar-refractivity contribution >= 4 is 11.8 Å². The highest BCUT2D eigenvalue weighted by Crippen LogP contribution is 2.42. The Morgan fingerprint density at radius 3 is 2.06 bits per heavy atom. The molecule has 0 spiro atoms. The molecule has 54 heavy (non-hydrogen) atoms. The quantitative estimate of drug-likeness (QED) is 0.238. The zero-order valence-electron chi connectivity index (χ0n) is 35.3. The van der Waals surface area contributed by atoms with Crippen LogP contribution in [-0.2, 0) is 42.7 Å². The molecule has 3 aliphatic heterocycles. The summed E-state index contributed by atoms with van der Waals surface area (Å²) in [5.74, 6) is -4.45. The number of carbonyl (C=O) groups excluding carboxylic acids is 2. The summed E-state index contributed by atoms with van der Waals surface area (Å²) in [7, 11) is 5.28. The normalized spacial score (nSPS) is 47.6. The smallest absolute Gasteiger partial charge is 0.311 e. The number of likely N-dealkylation sites (N-methyl/N-ethyl adjacent to an activating group) is 1. The van der Waals surface area contributed by atoms with Gasteiger partial charge in [-0.1, -0.05) is 34.6 Å². The van der Waals surface area contributed by atoms with Crippen molar-refractivity contribution in [3.8, 4) is 0 Å². The Labute approximate surface area is 323 Å². The van der Waals surface area contributed by atoms with Gasteiger partial charge in [0, 0.05) is 43.9 Å². The third-order valence-electron chi connectivity index (χ3n) is 12.4. The van der Waals surface area contributed by atoms with Gasteiger partial charge in [-0.05, 0) is 81.3 Å². The summed E-state index contributed by atoms with van der Waals surface area (Å²) in [6.07, 6.45) is -8.06. The first-order chi connectivity index (χ1) is 25.0. The van der Waals surface area contributed by atoms with Crippen LogP contribution in [0.5, 0.6) is 0 Å². The van der Waals surface area contributed by atoms with E-state index in [0.717, 1.165) is 0 Å². The molecule has 0 radical (unpaired) electrons. The minimum Gasteiger partial charge on any atom is -0.459 e. The van der Waals surface area contributed by atoms with Crippen LogP contribution in [0.1, 0.15) is 108 Å². The van der Waals surface area contributed by atoms with Crippen LogP contribution in [0.3, 0.4) is 0 Å². The zero-order chi connectivity index (χ0) is 41.1. The van der Waals surface area contributed by atoms with Crippen LogP contribution in [0.4, 0.5) is 0 Å². The van der Waals surface area contributed by atoms with Crippen molar-refractivity contribution in [2.24, 2.45) is 23.7 Å². The number of carbonyl (C=O) groups is 2. The van der Waals surface area contributed by atoms with Gasteiger partial charge < -0.3 is 58.5 Å². The van der Waals surface area contributed by atoms with Crippen LogP contribution < -0.4 is 0 Å². The molecule has 14 heteroatoms. The van der Waals surface area contributed by atoms with E-state index in [1.807, 2.05) is 46.7 Å². The Morgan fingerprint density at radius 1 is 0.870 bits per heavy atom. The van der Waals surface area contributed by atoms with E-state index in [1.54, 1.807) is 41.5 Å². The van der Waals surface area contributed by atoms with Gasteiger partial charge in [0.15, 0.2) is 12.6 Å². The van der Waals surface area contributed by atoms with Gasteiger partial charge in [0.05, 0.1) is 47.6 Å². The second-order valence-electron chi connectivity index (χ2n) is 17.3. The molecule has 316 valence electrons. The van der Waals surface area contributed by atoms with Gasteiger partial charge in [0.2, 0.25) is 0 Å². The molecule has 3 rings (SSSR count). The van der Waals surface area contributed by atoms with Gasteiger partial charge in [-0.15, -0.1) is 0 Å². The molecular formula is C40H73NO13. The summed E-state index contributed by atoms with van der Waals surface area (Å²) >= 11 is 0. The molecule has 4 N–H and O–H groups in total. The summed E-state index contributed by atoms with van der Waals surface area (Å²) in [6.45, 7) is 19.5. The van der Waals surface area contributed by atoms with Crippen LogP contribution >= 0.6 is 0 Å². The van der Waals surface area contributed by atoms with Crippen molar-refractivity contribution < 1.29 is 63.2 Å². The fourth-order valence-corrected chi connectivity index (χ4v) is 8.86. The number of Topliss-reactive ketones (excluding diaryl/α,β-unsaturated/α-hetero) is 1. The second kappa shape index (κ2) is 19.0. The number of methoxy groups -OCH3 is 1. The van der Waals surface area contributed by atoms with Gasteiger partial charge in [-0.3, -0.25) is 9.59 Å². The Morgan fingerprint density at radius 2 is 1.50 bits per heavy atom. The Bertz CT molecular complexity index is 1220. The van der Waals surface area contributed by atoms with Crippen molar-refractivity contribution in [1.82, 2.24) is 4.90 Å². The lowest BCUT2D eigenvalue weighted by atomic mass is 9.73. The highest BCUT2D eigenvalue weighted by atomic mass is 16.7. The van der Waals surface area contributed by atoms with Crippen molar-refractivity contribution in [2.45, 2.75) is 193 Å². The predicted molar refractivity (Wildman–Crippen MR) is 200 cm³/mol. The Balaban J connectivity index is 2.27. The van der Waals surface area contributed by atoms with E-state index in [-0.39, 0.29) is 37.2 Å². The average molecular weight is 776 g/mol. The molecule has 0 bridgehead atoms. The van der Waals surface area contributed by atoms with Crippen molar-refractivity contribution in [3.05, 3.63) is 0 Å². The number of rotatable bonds is 10. The molecule has 3 fully saturated rings. The summed E-state index contributed by atoms with van der Waals surface area (Å²) in [5, 5.41) is 45.9. The van der Waals surface area contributed by atoms with E-state index in [2.05, 4.69) is 0 Å². The number of esters is 1. The molecule has 3 heterocycles. The SMILES string of the molecule is CCCO[C@]1(C)C[C@@H](C)C(=O)C(C)[C@@H](O)[C@](C)(O)C(CC)OC(=O)[C@H](C)C(O[C@H]2C[C@@](C)(OC)[C@@H](O)[C@H](C)O2)[C@H](C)[C@H]1O[C@@H]1O[C@H](C)C[C@H](N(C)C)[C@H]1O. The van der Waals surface area contributed by atoms with Gasteiger partial charge >= 0.3 is 5.97 Å². The fourth-order valence-electron chi connectivity index (χ4n) is 8.86. The van der Waals surface area contributed by atoms with Gasteiger partial charge in [-0.2, -0.15) is 0 Å². The summed E-state index contributed by atoms with van der Waals surface area (Å²) in [6, 6.07) is -0.284. The molecule has 14 nitrogen and oxygen atoms in total. The van der Waals surface area contributed by atoms with Crippen molar-refractivity contribution in [1.29, 1.82) is 0 Å². The first kappa shape index (κ1) is 47.1. The van der Waals surface area contributed by atoms with E-state index in [1.165, 1.54) is 14.0 Å². The number of ketones is 1. The first-order valence-electron chi connectivity index (χ1n) is 20.0. The maximum Gasteiger partial charge on any atom is 0.311 e. The van der Waals surface area contributed by atoms with E-state index in [0.29, 0.717) is 19.4 Å². The monoisotopic (exact) mass is 776 g/mol. The highest BCUT2D eigenvalue weighted by Gasteiger charge is 2.54.